The largest absolute Gasteiger partial charge is 0.481 e. The summed E-state index contributed by atoms with van der Waals surface area (Å²) < 4.78 is 5.54. The van der Waals surface area contributed by atoms with Crippen molar-refractivity contribution in [3.8, 4) is 11.1 Å². The van der Waals surface area contributed by atoms with E-state index in [1.807, 2.05) is 42.7 Å². The van der Waals surface area contributed by atoms with E-state index in [0.29, 0.717) is 12.2 Å². The topological polar surface area (TPSA) is 105 Å². The van der Waals surface area contributed by atoms with Crippen LogP contribution in [0.1, 0.15) is 36.8 Å². The Bertz CT molecular complexity index is 935. The lowest BCUT2D eigenvalue weighted by atomic mass is 9.98. The highest BCUT2D eigenvalue weighted by atomic mass is 32.2. The van der Waals surface area contributed by atoms with E-state index in [-0.39, 0.29) is 18.9 Å². The first kappa shape index (κ1) is 23.7. The van der Waals surface area contributed by atoms with Crippen LogP contribution < -0.4 is 10.6 Å². The molecule has 7 nitrogen and oxygen atoms in total. The lowest BCUT2D eigenvalue weighted by molar-refractivity contribution is -0.137. The van der Waals surface area contributed by atoms with Crippen LogP contribution >= 0.6 is 11.8 Å². The van der Waals surface area contributed by atoms with E-state index >= 15 is 0 Å². The molecule has 0 radical (unpaired) electrons. The minimum absolute atomic E-state index is 0.0674. The number of carboxylic acids is 1. The quantitative estimate of drug-likeness (QED) is 0.504. The second kappa shape index (κ2) is 11.0. The minimum atomic E-state index is -0.997. The van der Waals surface area contributed by atoms with Gasteiger partial charge >= 0.3 is 12.1 Å². The molecule has 0 spiro atoms. The highest BCUT2D eigenvalue weighted by Gasteiger charge is 2.30. The molecule has 1 unspecified atom stereocenters. The monoisotopic (exact) mass is 456 g/mol. The van der Waals surface area contributed by atoms with Gasteiger partial charge in [-0.15, -0.1) is 0 Å². The van der Waals surface area contributed by atoms with Crippen LogP contribution in [0.15, 0.2) is 48.5 Å². The summed E-state index contributed by atoms with van der Waals surface area (Å²) in [7, 11) is 0. The highest BCUT2D eigenvalue weighted by Crippen LogP contribution is 2.44. The minimum Gasteiger partial charge on any atom is -0.481 e. The van der Waals surface area contributed by atoms with Crippen molar-refractivity contribution in [3.05, 3.63) is 59.7 Å². The predicted octanol–water partition coefficient (Wildman–Crippen LogP) is 3.63. The van der Waals surface area contributed by atoms with Crippen LogP contribution in [0.3, 0.4) is 0 Å². The zero-order valence-electron chi connectivity index (χ0n) is 18.2. The SMILES string of the molecule is CSCC[C@H](NC(=O)OCC1c2ccccc2-c2ccccc21)C(=O)NC(C)CC(=O)O. The van der Waals surface area contributed by atoms with E-state index in [2.05, 4.69) is 22.8 Å². The van der Waals surface area contributed by atoms with Crippen LogP contribution in [0.5, 0.6) is 0 Å². The number of amides is 2. The third kappa shape index (κ3) is 5.82. The molecule has 0 aliphatic heterocycles. The van der Waals surface area contributed by atoms with Gasteiger partial charge in [0.25, 0.3) is 0 Å². The average molecular weight is 457 g/mol. The summed E-state index contributed by atoms with van der Waals surface area (Å²) in [6.45, 7) is 1.77. The van der Waals surface area contributed by atoms with Crippen molar-refractivity contribution in [3.63, 3.8) is 0 Å². The average Bonchev–Trinajstić information content (AvgIpc) is 3.08. The fourth-order valence-corrected chi connectivity index (χ4v) is 4.41. The van der Waals surface area contributed by atoms with Crippen molar-refractivity contribution >= 4 is 29.7 Å². The van der Waals surface area contributed by atoms with E-state index in [0.717, 1.165) is 22.3 Å². The number of alkyl carbamates (subject to hydrolysis) is 1. The lowest BCUT2D eigenvalue weighted by Crippen LogP contribution is -2.49. The molecule has 32 heavy (non-hydrogen) atoms. The second-order valence-electron chi connectivity index (χ2n) is 7.81. The first-order chi connectivity index (χ1) is 15.4. The molecule has 0 fully saturated rings. The fourth-order valence-electron chi connectivity index (χ4n) is 3.94. The Labute approximate surface area is 191 Å². The van der Waals surface area contributed by atoms with Crippen LogP contribution in [0.4, 0.5) is 4.79 Å². The van der Waals surface area contributed by atoms with Gasteiger partial charge in [0.15, 0.2) is 0 Å². The maximum atomic E-state index is 12.6. The number of carbonyl (C=O) groups is 3. The van der Waals surface area contributed by atoms with Crippen LogP contribution in [0.25, 0.3) is 11.1 Å². The summed E-state index contributed by atoms with van der Waals surface area (Å²) in [4.78, 5) is 36.0. The first-order valence-electron chi connectivity index (χ1n) is 10.5. The van der Waals surface area contributed by atoms with Crippen molar-refractivity contribution in [1.29, 1.82) is 0 Å². The number of aliphatic carboxylic acids is 1. The summed E-state index contributed by atoms with van der Waals surface area (Å²) in [5, 5.41) is 14.2. The van der Waals surface area contributed by atoms with Crippen LogP contribution in [-0.4, -0.2) is 53.8 Å². The molecule has 3 rings (SSSR count). The van der Waals surface area contributed by atoms with Crippen molar-refractivity contribution in [2.24, 2.45) is 0 Å². The molecule has 0 bridgehead atoms. The maximum Gasteiger partial charge on any atom is 0.407 e. The third-order valence-electron chi connectivity index (χ3n) is 5.43. The van der Waals surface area contributed by atoms with E-state index in [1.54, 1.807) is 18.7 Å². The molecular weight excluding hydrogens is 428 g/mol. The predicted molar refractivity (Wildman–Crippen MR) is 125 cm³/mol. The van der Waals surface area contributed by atoms with E-state index in [1.165, 1.54) is 0 Å². The Morgan fingerprint density at radius 2 is 1.62 bits per heavy atom. The summed E-state index contributed by atoms with van der Waals surface area (Å²) in [5.41, 5.74) is 4.50. The summed E-state index contributed by atoms with van der Waals surface area (Å²) in [6, 6.07) is 14.8. The van der Waals surface area contributed by atoms with Gasteiger partial charge in [-0.2, -0.15) is 11.8 Å². The smallest absolute Gasteiger partial charge is 0.407 e. The molecule has 1 aliphatic rings. The van der Waals surface area contributed by atoms with Gasteiger partial charge < -0.3 is 20.5 Å². The molecule has 8 heteroatoms. The molecule has 0 saturated heterocycles. The zero-order valence-corrected chi connectivity index (χ0v) is 19.0. The Morgan fingerprint density at radius 1 is 1.03 bits per heavy atom. The fraction of sp³-hybridized carbons (Fsp3) is 0.375. The zero-order chi connectivity index (χ0) is 23.1. The van der Waals surface area contributed by atoms with Gasteiger partial charge in [0.1, 0.15) is 12.6 Å². The van der Waals surface area contributed by atoms with E-state index < -0.39 is 30.1 Å². The molecular formula is C24H28N2O5S. The number of nitrogens with one attached hydrogen (secondary N) is 2. The van der Waals surface area contributed by atoms with Crippen LogP contribution in [-0.2, 0) is 14.3 Å². The second-order valence-corrected chi connectivity index (χ2v) is 8.80. The van der Waals surface area contributed by atoms with Crippen LogP contribution in [0.2, 0.25) is 0 Å². The molecule has 2 amide bonds. The number of thioether (sulfide) groups is 1. The van der Waals surface area contributed by atoms with Crippen molar-refractivity contribution in [1.82, 2.24) is 10.6 Å². The van der Waals surface area contributed by atoms with Gasteiger partial charge in [0, 0.05) is 12.0 Å². The molecule has 2 aromatic carbocycles. The Morgan fingerprint density at radius 3 is 2.19 bits per heavy atom. The standard InChI is InChI=1S/C24H28N2O5S/c1-15(13-22(27)28)25-23(29)21(11-12-32-2)26-24(30)31-14-20-18-9-5-3-7-16(18)17-8-4-6-10-19(17)20/h3-10,15,20-21H,11-14H2,1-2H3,(H,25,29)(H,26,30)(H,27,28)/t15?,21-/m0/s1. The third-order valence-corrected chi connectivity index (χ3v) is 6.08. The van der Waals surface area contributed by atoms with Gasteiger partial charge in [0.2, 0.25) is 5.91 Å². The molecule has 170 valence electrons. The molecule has 3 N–H and O–H groups in total. The summed E-state index contributed by atoms with van der Waals surface area (Å²) in [6.07, 6.45) is 1.47. The number of carboxylic acid groups (broad SMARTS) is 1. The number of fused-ring (bicyclic) bond motifs is 3. The number of hydrogen-bond donors (Lipinski definition) is 3. The normalized spacial score (nSPS) is 14.1. The van der Waals surface area contributed by atoms with E-state index in [4.69, 9.17) is 9.84 Å². The maximum absolute atomic E-state index is 12.6. The Hall–Kier alpha value is -3.00. The van der Waals surface area contributed by atoms with E-state index in [9.17, 15) is 14.4 Å². The van der Waals surface area contributed by atoms with Crippen molar-refractivity contribution in [2.45, 2.75) is 37.8 Å². The number of hydrogen-bond acceptors (Lipinski definition) is 5. The van der Waals surface area contributed by atoms with Gasteiger partial charge in [-0.1, -0.05) is 48.5 Å². The number of ether oxygens (including phenoxy) is 1. The Kier molecular flexibility index (Phi) is 8.16. The summed E-state index contributed by atoms with van der Waals surface area (Å²) >= 11 is 1.56. The molecule has 1 aliphatic carbocycles. The number of benzene rings is 2. The summed E-state index contributed by atoms with van der Waals surface area (Å²) in [5.74, 6) is -0.818. The van der Waals surface area contributed by atoms with Gasteiger partial charge in [0.05, 0.1) is 6.42 Å². The van der Waals surface area contributed by atoms with Crippen LogP contribution in [0, 0.1) is 0 Å². The highest BCUT2D eigenvalue weighted by molar-refractivity contribution is 7.98. The molecule has 2 atom stereocenters. The molecule has 0 heterocycles. The first-order valence-corrected chi connectivity index (χ1v) is 11.9. The number of carbonyl (C=O) groups excluding carboxylic acids is 2. The number of rotatable bonds is 10. The Balaban J connectivity index is 1.63. The van der Waals surface area contributed by atoms with Gasteiger partial charge in [-0.3, -0.25) is 9.59 Å². The molecule has 0 saturated carbocycles. The molecule has 0 aromatic heterocycles. The van der Waals surface area contributed by atoms with Gasteiger partial charge in [-0.05, 0) is 47.6 Å². The van der Waals surface area contributed by atoms with Crippen molar-refractivity contribution < 1.29 is 24.2 Å². The van der Waals surface area contributed by atoms with Crippen molar-refractivity contribution in [2.75, 3.05) is 18.6 Å². The molecule has 2 aromatic rings. The lowest BCUT2D eigenvalue weighted by Gasteiger charge is -2.21. The van der Waals surface area contributed by atoms with Gasteiger partial charge in [-0.25, -0.2) is 4.79 Å².